The molecule has 0 spiro atoms. The number of para-hydroxylation sites is 1. The molecule has 0 amide bonds. The van der Waals surface area contributed by atoms with Crippen molar-refractivity contribution in [2.45, 2.75) is 13.3 Å². The summed E-state index contributed by atoms with van der Waals surface area (Å²) in [7, 11) is 0. The van der Waals surface area contributed by atoms with Crippen LogP contribution < -0.4 is 0 Å². The van der Waals surface area contributed by atoms with E-state index < -0.39 is 0 Å². The molecule has 0 fully saturated rings. The lowest BCUT2D eigenvalue weighted by Crippen LogP contribution is -1.86. The van der Waals surface area contributed by atoms with E-state index >= 15 is 0 Å². The second-order valence-electron chi connectivity index (χ2n) is 3.04. The van der Waals surface area contributed by atoms with Crippen molar-refractivity contribution in [3.05, 3.63) is 36.0 Å². The molecule has 1 heterocycles. The number of aromatic nitrogens is 1. The highest BCUT2D eigenvalue weighted by molar-refractivity contribution is 5.82. The van der Waals surface area contributed by atoms with Crippen molar-refractivity contribution in [3.63, 3.8) is 0 Å². The third-order valence-corrected chi connectivity index (χ3v) is 2.16. The predicted molar refractivity (Wildman–Crippen MR) is 52.8 cm³/mol. The Bertz CT molecular complexity index is 437. The summed E-state index contributed by atoms with van der Waals surface area (Å²) in [5, 5.41) is 10.2. The van der Waals surface area contributed by atoms with Gasteiger partial charge in [0.2, 0.25) is 0 Å². The summed E-state index contributed by atoms with van der Waals surface area (Å²) in [4.78, 5) is 4.20. The number of hydrogen-bond acceptors (Lipinski definition) is 2. The van der Waals surface area contributed by atoms with Gasteiger partial charge in [-0.3, -0.25) is 4.98 Å². The van der Waals surface area contributed by atoms with Crippen molar-refractivity contribution in [1.29, 1.82) is 0 Å². The number of pyridine rings is 1. The molecule has 0 aliphatic carbocycles. The van der Waals surface area contributed by atoms with Crippen molar-refractivity contribution in [1.82, 2.24) is 4.98 Å². The molecule has 13 heavy (non-hydrogen) atoms. The molecule has 0 aliphatic heterocycles. The molecule has 0 aliphatic rings. The highest BCUT2D eigenvalue weighted by atomic mass is 16.3. The first-order valence-corrected chi connectivity index (χ1v) is 4.38. The van der Waals surface area contributed by atoms with E-state index in [0.29, 0.717) is 0 Å². The molecular weight excluding hydrogens is 162 g/mol. The molecule has 0 saturated carbocycles. The molecule has 66 valence electrons. The van der Waals surface area contributed by atoms with Gasteiger partial charge in [0.1, 0.15) is 5.75 Å². The van der Waals surface area contributed by atoms with E-state index in [1.807, 2.05) is 12.1 Å². The van der Waals surface area contributed by atoms with Crippen LogP contribution in [0.5, 0.6) is 5.75 Å². The van der Waals surface area contributed by atoms with Crippen molar-refractivity contribution in [2.75, 3.05) is 0 Å². The largest absolute Gasteiger partial charge is 0.506 e. The van der Waals surface area contributed by atoms with Gasteiger partial charge < -0.3 is 5.11 Å². The number of hydrogen-bond donors (Lipinski definition) is 1. The van der Waals surface area contributed by atoms with Gasteiger partial charge in [0.25, 0.3) is 0 Å². The third-order valence-electron chi connectivity index (χ3n) is 2.16. The molecule has 1 aromatic heterocycles. The standard InChI is InChI=1S/C11H11NO/c1-2-8-4-3-5-9-6-10(13)7-12-11(8)9/h3-7,13H,2H2,1H3. The third kappa shape index (κ3) is 1.35. The first kappa shape index (κ1) is 8.05. The predicted octanol–water partition coefficient (Wildman–Crippen LogP) is 2.50. The summed E-state index contributed by atoms with van der Waals surface area (Å²) in [6.45, 7) is 2.10. The van der Waals surface area contributed by atoms with Crippen LogP contribution in [0.2, 0.25) is 0 Å². The topological polar surface area (TPSA) is 33.1 Å². The maximum absolute atomic E-state index is 9.23. The van der Waals surface area contributed by atoms with E-state index in [1.165, 1.54) is 11.8 Å². The molecule has 2 nitrogen and oxygen atoms in total. The number of fused-ring (bicyclic) bond motifs is 1. The van der Waals surface area contributed by atoms with Gasteiger partial charge in [0.15, 0.2) is 0 Å². The maximum Gasteiger partial charge on any atom is 0.134 e. The van der Waals surface area contributed by atoms with Crippen LogP contribution in [-0.2, 0) is 6.42 Å². The molecule has 2 aromatic rings. The average Bonchev–Trinajstić information content (AvgIpc) is 2.16. The normalized spacial score (nSPS) is 10.5. The molecular formula is C11H11NO. The van der Waals surface area contributed by atoms with Gasteiger partial charge in [-0.2, -0.15) is 0 Å². The van der Waals surface area contributed by atoms with Gasteiger partial charge >= 0.3 is 0 Å². The van der Waals surface area contributed by atoms with Crippen molar-refractivity contribution >= 4 is 10.9 Å². The number of aromatic hydroxyl groups is 1. The quantitative estimate of drug-likeness (QED) is 0.718. The van der Waals surface area contributed by atoms with E-state index in [1.54, 1.807) is 6.07 Å². The molecule has 0 unspecified atom stereocenters. The van der Waals surface area contributed by atoms with Crippen LogP contribution in [0.15, 0.2) is 30.5 Å². The number of benzene rings is 1. The van der Waals surface area contributed by atoms with E-state index in [4.69, 9.17) is 0 Å². The second-order valence-corrected chi connectivity index (χ2v) is 3.04. The fourth-order valence-corrected chi connectivity index (χ4v) is 1.50. The highest BCUT2D eigenvalue weighted by Gasteiger charge is 2.00. The fourth-order valence-electron chi connectivity index (χ4n) is 1.50. The molecule has 1 aromatic carbocycles. The highest BCUT2D eigenvalue weighted by Crippen LogP contribution is 2.20. The zero-order valence-corrected chi connectivity index (χ0v) is 7.49. The molecule has 0 radical (unpaired) electrons. The minimum Gasteiger partial charge on any atom is -0.506 e. The number of aryl methyl sites for hydroxylation is 1. The summed E-state index contributed by atoms with van der Waals surface area (Å²) < 4.78 is 0. The minimum atomic E-state index is 0.223. The van der Waals surface area contributed by atoms with E-state index in [9.17, 15) is 5.11 Å². The molecule has 2 heteroatoms. The monoisotopic (exact) mass is 173 g/mol. The first-order chi connectivity index (χ1) is 6.31. The lowest BCUT2D eigenvalue weighted by molar-refractivity contribution is 0.474. The Hall–Kier alpha value is -1.57. The van der Waals surface area contributed by atoms with Gasteiger partial charge in [0, 0.05) is 5.39 Å². The van der Waals surface area contributed by atoms with Crippen LogP contribution in [0.3, 0.4) is 0 Å². The minimum absolute atomic E-state index is 0.223. The lowest BCUT2D eigenvalue weighted by Gasteiger charge is -2.02. The number of rotatable bonds is 1. The number of nitrogens with zero attached hydrogens (tertiary/aromatic N) is 1. The van der Waals surface area contributed by atoms with Crippen molar-refractivity contribution in [3.8, 4) is 5.75 Å². The molecule has 0 atom stereocenters. The Balaban J connectivity index is 2.77. The summed E-state index contributed by atoms with van der Waals surface area (Å²) in [5.41, 5.74) is 2.21. The summed E-state index contributed by atoms with van der Waals surface area (Å²) in [6.07, 6.45) is 2.45. The van der Waals surface area contributed by atoms with Crippen LogP contribution in [0.4, 0.5) is 0 Å². The Labute approximate surface area is 76.9 Å². The zero-order valence-electron chi connectivity index (χ0n) is 7.49. The van der Waals surface area contributed by atoms with Crippen LogP contribution in [-0.4, -0.2) is 10.1 Å². The SMILES string of the molecule is CCc1cccc2cc(O)cnc12. The van der Waals surface area contributed by atoms with Crippen LogP contribution in [0, 0.1) is 0 Å². The smallest absolute Gasteiger partial charge is 0.134 e. The molecule has 0 bridgehead atoms. The maximum atomic E-state index is 9.23. The average molecular weight is 173 g/mol. The Morgan fingerprint density at radius 1 is 1.38 bits per heavy atom. The van der Waals surface area contributed by atoms with Gasteiger partial charge in [0.05, 0.1) is 11.7 Å². The fraction of sp³-hybridized carbons (Fsp3) is 0.182. The van der Waals surface area contributed by atoms with Crippen LogP contribution in [0.25, 0.3) is 10.9 Å². The van der Waals surface area contributed by atoms with Gasteiger partial charge in [-0.25, -0.2) is 0 Å². The summed E-state index contributed by atoms with van der Waals surface area (Å²) in [5.74, 6) is 0.223. The van der Waals surface area contributed by atoms with Crippen molar-refractivity contribution in [2.24, 2.45) is 0 Å². The second kappa shape index (κ2) is 3.05. The summed E-state index contributed by atoms with van der Waals surface area (Å²) in [6, 6.07) is 7.75. The van der Waals surface area contributed by atoms with Gasteiger partial charge in [-0.1, -0.05) is 25.1 Å². The van der Waals surface area contributed by atoms with Gasteiger partial charge in [-0.15, -0.1) is 0 Å². The van der Waals surface area contributed by atoms with Gasteiger partial charge in [-0.05, 0) is 18.1 Å². The van der Waals surface area contributed by atoms with E-state index in [-0.39, 0.29) is 5.75 Å². The molecule has 1 N–H and O–H groups in total. The lowest BCUT2D eigenvalue weighted by atomic mass is 10.1. The Morgan fingerprint density at radius 2 is 2.23 bits per heavy atom. The van der Waals surface area contributed by atoms with E-state index in [2.05, 4.69) is 18.0 Å². The van der Waals surface area contributed by atoms with E-state index in [0.717, 1.165) is 17.3 Å². The zero-order chi connectivity index (χ0) is 9.26. The van der Waals surface area contributed by atoms with Crippen LogP contribution >= 0.6 is 0 Å². The van der Waals surface area contributed by atoms with Crippen LogP contribution in [0.1, 0.15) is 12.5 Å². The summed E-state index contributed by atoms with van der Waals surface area (Å²) >= 11 is 0. The molecule has 0 saturated heterocycles. The Morgan fingerprint density at radius 3 is 3.00 bits per heavy atom. The first-order valence-electron chi connectivity index (χ1n) is 4.38. The Kier molecular flexibility index (Phi) is 1.89. The van der Waals surface area contributed by atoms with Crippen molar-refractivity contribution < 1.29 is 5.11 Å². The molecule has 2 rings (SSSR count).